The molecule has 2 aromatic heterocycles. The molecule has 158 valence electrons. The van der Waals surface area contributed by atoms with Gasteiger partial charge in [0.05, 0.1) is 0 Å². The first-order valence-electron chi connectivity index (χ1n) is 10.0. The normalized spacial score (nSPS) is 15.3. The van der Waals surface area contributed by atoms with E-state index in [2.05, 4.69) is 25.4 Å². The fourth-order valence-corrected chi connectivity index (χ4v) is 5.10. The zero-order valence-corrected chi connectivity index (χ0v) is 19.1. The number of hydrogen-bond acceptors (Lipinski definition) is 8. The largest absolute Gasteiger partial charge is 0.354 e. The molecule has 3 aromatic rings. The van der Waals surface area contributed by atoms with Crippen LogP contribution in [-0.2, 0) is 11.3 Å². The Morgan fingerprint density at radius 3 is 2.70 bits per heavy atom. The highest BCUT2D eigenvalue weighted by Crippen LogP contribution is 2.27. The second kappa shape index (κ2) is 9.20. The Kier molecular flexibility index (Phi) is 6.40. The fourth-order valence-electron chi connectivity index (χ4n) is 3.54. The molecule has 1 fully saturated rings. The predicted octanol–water partition coefficient (Wildman–Crippen LogP) is 3.89. The number of hydrogen-bond donors (Lipinski definition) is 1. The first-order valence-corrected chi connectivity index (χ1v) is 11.7. The van der Waals surface area contributed by atoms with E-state index in [0.29, 0.717) is 0 Å². The second-order valence-electron chi connectivity index (χ2n) is 7.75. The number of thiazole rings is 1. The molecule has 1 amide bonds. The maximum atomic E-state index is 12.8. The third-order valence-electron chi connectivity index (χ3n) is 5.16. The predicted molar refractivity (Wildman–Crippen MR) is 123 cm³/mol. The van der Waals surface area contributed by atoms with Gasteiger partial charge < -0.3 is 10.2 Å². The van der Waals surface area contributed by atoms with Crippen LogP contribution in [-0.4, -0.2) is 53.2 Å². The van der Waals surface area contributed by atoms with Gasteiger partial charge in [0, 0.05) is 48.9 Å². The molecule has 1 N–H and O–H groups in total. The molecule has 0 saturated carbocycles. The van der Waals surface area contributed by atoms with Gasteiger partial charge in [-0.1, -0.05) is 23.5 Å². The van der Waals surface area contributed by atoms with Crippen LogP contribution >= 0.6 is 22.7 Å². The topological polar surface area (TPSA) is 74.2 Å². The molecule has 9 heteroatoms. The number of aromatic nitrogens is 3. The SMILES string of the molecule is Cc1nnc(-c2cccc(NC(=O)C3CCN(Cc4cnc(N(C)C)s4)CC3)c2)s1. The van der Waals surface area contributed by atoms with Gasteiger partial charge in [-0.05, 0) is 45.0 Å². The summed E-state index contributed by atoms with van der Waals surface area (Å²) in [4.78, 5) is 23.0. The van der Waals surface area contributed by atoms with Crippen molar-refractivity contribution in [3.8, 4) is 10.6 Å². The number of anilines is 2. The highest BCUT2D eigenvalue weighted by Gasteiger charge is 2.25. The number of benzene rings is 1. The van der Waals surface area contributed by atoms with E-state index in [4.69, 9.17) is 0 Å². The molecule has 3 heterocycles. The Morgan fingerprint density at radius 2 is 2.03 bits per heavy atom. The third-order valence-corrected chi connectivity index (χ3v) is 7.20. The molecule has 1 aromatic carbocycles. The van der Waals surface area contributed by atoms with Gasteiger partial charge in [0.25, 0.3) is 0 Å². The van der Waals surface area contributed by atoms with Crippen molar-refractivity contribution in [2.24, 2.45) is 5.92 Å². The van der Waals surface area contributed by atoms with Crippen LogP contribution < -0.4 is 10.2 Å². The van der Waals surface area contributed by atoms with Crippen LogP contribution in [0.5, 0.6) is 0 Å². The van der Waals surface area contributed by atoms with Gasteiger partial charge in [-0.2, -0.15) is 0 Å². The summed E-state index contributed by atoms with van der Waals surface area (Å²) in [6.45, 7) is 4.70. The second-order valence-corrected chi connectivity index (χ2v) is 10.0. The van der Waals surface area contributed by atoms with E-state index in [1.807, 2.05) is 56.4 Å². The average Bonchev–Trinajstić information content (AvgIpc) is 3.38. The Labute approximate surface area is 184 Å². The zero-order chi connectivity index (χ0) is 21.1. The maximum absolute atomic E-state index is 12.8. The Hall–Kier alpha value is -2.36. The number of rotatable bonds is 6. The number of nitrogens with zero attached hydrogens (tertiary/aromatic N) is 5. The molecule has 4 rings (SSSR count). The van der Waals surface area contributed by atoms with Gasteiger partial charge in [0.1, 0.15) is 10.0 Å². The van der Waals surface area contributed by atoms with Gasteiger partial charge in [0.15, 0.2) is 5.13 Å². The summed E-state index contributed by atoms with van der Waals surface area (Å²) in [6.07, 6.45) is 3.71. The van der Waals surface area contributed by atoms with Gasteiger partial charge in [-0.3, -0.25) is 9.69 Å². The summed E-state index contributed by atoms with van der Waals surface area (Å²) in [7, 11) is 4.02. The number of aryl methyl sites for hydroxylation is 1. The molecular formula is C21H26N6OS2. The number of carbonyl (C=O) groups is 1. The molecule has 0 unspecified atom stereocenters. The monoisotopic (exact) mass is 442 g/mol. The molecule has 0 bridgehead atoms. The minimum Gasteiger partial charge on any atom is -0.354 e. The first-order chi connectivity index (χ1) is 14.5. The standard InChI is InChI=1S/C21H26N6OS2/c1-14-24-25-20(29-14)16-5-4-6-17(11-16)23-19(28)15-7-9-27(10-8-15)13-18-12-22-21(30-18)26(2)3/h4-6,11-12,15H,7-10,13H2,1-3H3,(H,23,28). The van der Waals surface area contributed by atoms with Crippen molar-refractivity contribution in [2.75, 3.05) is 37.4 Å². The lowest BCUT2D eigenvalue weighted by atomic mass is 9.95. The summed E-state index contributed by atoms with van der Waals surface area (Å²) in [6, 6.07) is 7.84. The molecule has 0 atom stereocenters. The van der Waals surface area contributed by atoms with Crippen LogP contribution in [0.4, 0.5) is 10.8 Å². The van der Waals surface area contributed by atoms with Gasteiger partial charge in [0.2, 0.25) is 5.91 Å². The van der Waals surface area contributed by atoms with Crippen LogP contribution in [0.2, 0.25) is 0 Å². The van der Waals surface area contributed by atoms with Crippen molar-refractivity contribution in [3.05, 3.63) is 40.3 Å². The number of amides is 1. The van der Waals surface area contributed by atoms with Gasteiger partial charge in [-0.15, -0.1) is 21.5 Å². The smallest absolute Gasteiger partial charge is 0.227 e. The highest BCUT2D eigenvalue weighted by molar-refractivity contribution is 7.15. The minimum atomic E-state index is 0.0486. The Morgan fingerprint density at radius 1 is 1.23 bits per heavy atom. The average molecular weight is 443 g/mol. The molecule has 1 saturated heterocycles. The molecule has 1 aliphatic rings. The van der Waals surface area contributed by atoms with Crippen LogP contribution in [0.15, 0.2) is 30.5 Å². The molecule has 30 heavy (non-hydrogen) atoms. The maximum Gasteiger partial charge on any atom is 0.227 e. The van der Waals surface area contributed by atoms with E-state index in [1.54, 1.807) is 22.7 Å². The Bertz CT molecular complexity index is 1010. The summed E-state index contributed by atoms with van der Waals surface area (Å²) < 4.78 is 0. The highest BCUT2D eigenvalue weighted by atomic mass is 32.1. The zero-order valence-electron chi connectivity index (χ0n) is 17.5. The van der Waals surface area contributed by atoms with E-state index in [0.717, 1.165) is 58.9 Å². The first kappa shape index (κ1) is 20.9. The van der Waals surface area contributed by atoms with Crippen molar-refractivity contribution < 1.29 is 4.79 Å². The van der Waals surface area contributed by atoms with Crippen LogP contribution in [0.25, 0.3) is 10.6 Å². The molecule has 0 spiro atoms. The summed E-state index contributed by atoms with van der Waals surface area (Å²) in [5, 5.41) is 14.2. The van der Waals surface area contributed by atoms with E-state index in [9.17, 15) is 4.79 Å². The molecule has 0 aliphatic carbocycles. The third kappa shape index (κ3) is 5.03. The van der Waals surface area contributed by atoms with Gasteiger partial charge in [-0.25, -0.2) is 4.98 Å². The summed E-state index contributed by atoms with van der Waals surface area (Å²) >= 11 is 3.28. The van der Waals surface area contributed by atoms with E-state index in [1.165, 1.54) is 4.88 Å². The lowest BCUT2D eigenvalue weighted by molar-refractivity contribution is -0.121. The van der Waals surface area contributed by atoms with Crippen LogP contribution in [0.3, 0.4) is 0 Å². The quantitative estimate of drug-likeness (QED) is 0.624. The van der Waals surface area contributed by atoms with E-state index in [-0.39, 0.29) is 11.8 Å². The van der Waals surface area contributed by atoms with Crippen molar-refractivity contribution >= 4 is 39.4 Å². The van der Waals surface area contributed by atoms with E-state index < -0.39 is 0 Å². The van der Waals surface area contributed by atoms with Crippen molar-refractivity contribution in [1.29, 1.82) is 0 Å². The van der Waals surface area contributed by atoms with Crippen LogP contribution in [0.1, 0.15) is 22.7 Å². The lowest BCUT2D eigenvalue weighted by Crippen LogP contribution is -2.37. The summed E-state index contributed by atoms with van der Waals surface area (Å²) in [5.41, 5.74) is 1.79. The minimum absolute atomic E-state index is 0.0486. The van der Waals surface area contributed by atoms with Gasteiger partial charge >= 0.3 is 0 Å². The molecule has 0 radical (unpaired) electrons. The van der Waals surface area contributed by atoms with Crippen molar-refractivity contribution in [2.45, 2.75) is 26.3 Å². The van der Waals surface area contributed by atoms with Crippen molar-refractivity contribution in [1.82, 2.24) is 20.1 Å². The molecule has 1 aliphatic heterocycles. The number of likely N-dealkylation sites (tertiary alicyclic amines) is 1. The number of carbonyl (C=O) groups excluding carboxylic acids is 1. The number of piperidine rings is 1. The Balaban J connectivity index is 1.30. The fraction of sp³-hybridized carbons (Fsp3) is 0.429. The van der Waals surface area contributed by atoms with E-state index >= 15 is 0 Å². The molecule has 7 nitrogen and oxygen atoms in total. The molecular weight excluding hydrogens is 416 g/mol. The summed E-state index contributed by atoms with van der Waals surface area (Å²) in [5.74, 6) is 0.153. The van der Waals surface area contributed by atoms with Crippen molar-refractivity contribution in [3.63, 3.8) is 0 Å². The van der Waals surface area contributed by atoms with Crippen LogP contribution in [0, 0.1) is 12.8 Å². The lowest BCUT2D eigenvalue weighted by Gasteiger charge is -2.30. The number of nitrogens with one attached hydrogen (secondary N) is 1.